The molecule has 0 bridgehead atoms. The van der Waals surface area contributed by atoms with Crippen LogP contribution in [0, 0.1) is 6.92 Å². The minimum absolute atomic E-state index is 0.0157. The van der Waals surface area contributed by atoms with Crippen molar-refractivity contribution in [2.75, 3.05) is 20.2 Å². The summed E-state index contributed by atoms with van der Waals surface area (Å²) in [6, 6.07) is 8.38. The minimum atomic E-state index is -5.06. The molecule has 1 aromatic heterocycles. The third-order valence-electron chi connectivity index (χ3n) is 5.35. The summed E-state index contributed by atoms with van der Waals surface area (Å²) in [4.78, 5) is 18.2. The zero-order valence-electron chi connectivity index (χ0n) is 16.6. The number of halogens is 3. The number of aromatic nitrogens is 2. The second-order valence-corrected chi connectivity index (χ2v) is 7.26. The number of aryl methyl sites for hydroxylation is 1. The highest BCUT2D eigenvalue weighted by Gasteiger charge is 2.68. The fraction of sp³-hybridized carbons (Fsp3) is 0.450. The predicted molar refractivity (Wildman–Crippen MR) is 102 cm³/mol. The molecule has 0 amide bonds. The minimum Gasteiger partial charge on any atom is -0.467 e. The quantitative estimate of drug-likeness (QED) is 0.695. The fourth-order valence-electron chi connectivity index (χ4n) is 3.91. The molecule has 1 atom stereocenters. The molecule has 1 aromatic carbocycles. The number of alkyl halides is 3. The Hall–Kier alpha value is -3.04. The Morgan fingerprint density at radius 3 is 2.43 bits per heavy atom. The van der Waals surface area contributed by atoms with E-state index in [0.717, 1.165) is 26.4 Å². The second-order valence-electron chi connectivity index (χ2n) is 7.26. The molecule has 0 N–H and O–H groups in total. The molecule has 1 fully saturated rings. The van der Waals surface area contributed by atoms with Crippen molar-refractivity contribution in [2.24, 2.45) is 4.99 Å². The first-order valence-electron chi connectivity index (χ1n) is 9.63. The van der Waals surface area contributed by atoms with Crippen LogP contribution in [0.1, 0.15) is 30.5 Å². The monoisotopic (exact) mass is 422 g/mol. The molecule has 1 unspecified atom stereocenters. The maximum Gasteiger partial charge on any atom is 0.429 e. The number of rotatable bonds is 2. The number of fused-ring (bicyclic) bond motifs is 1. The number of ether oxygens (including phenoxy) is 2. The van der Waals surface area contributed by atoms with Crippen molar-refractivity contribution >= 4 is 12.0 Å². The van der Waals surface area contributed by atoms with Crippen molar-refractivity contribution in [3.8, 4) is 11.6 Å². The highest BCUT2D eigenvalue weighted by atomic mass is 19.4. The standard InChI is InChI=1S/C20H21F3N4O3/c1-13-15-16(27(25-13)14-9-5-3-6-10-14)30-18(26-11-7-4-8-12-26)24-19(15,17(28)29-2)20(21,22)23/h3,5-6,9-10H,4,7-8,11-12H2,1-2H3. The summed E-state index contributed by atoms with van der Waals surface area (Å²) in [5.74, 6) is -1.71. The SMILES string of the molecule is COC(=O)C1(C(F)(F)F)N=C(N2CCCCC2)Oc2c1c(C)nn2-c1ccccc1. The lowest BCUT2D eigenvalue weighted by Gasteiger charge is -2.37. The fourth-order valence-corrected chi connectivity index (χ4v) is 3.91. The van der Waals surface area contributed by atoms with Crippen LogP contribution in [-0.2, 0) is 15.1 Å². The number of hydrogen-bond acceptors (Lipinski definition) is 6. The number of para-hydroxylation sites is 1. The first-order chi connectivity index (χ1) is 14.3. The molecule has 2 aliphatic rings. The Balaban J connectivity index is 1.98. The largest absolute Gasteiger partial charge is 0.467 e. The van der Waals surface area contributed by atoms with Crippen LogP contribution in [0.15, 0.2) is 35.3 Å². The second kappa shape index (κ2) is 7.33. The van der Waals surface area contributed by atoms with Gasteiger partial charge in [-0.25, -0.2) is 14.5 Å². The van der Waals surface area contributed by atoms with E-state index in [2.05, 4.69) is 14.8 Å². The van der Waals surface area contributed by atoms with Gasteiger partial charge in [-0.2, -0.15) is 18.3 Å². The number of esters is 1. The molecule has 160 valence electrons. The molecule has 4 rings (SSSR count). The zero-order valence-corrected chi connectivity index (χ0v) is 16.6. The summed E-state index contributed by atoms with van der Waals surface area (Å²) in [5, 5.41) is 4.26. The van der Waals surface area contributed by atoms with Gasteiger partial charge in [-0.15, -0.1) is 0 Å². The van der Waals surface area contributed by atoms with E-state index in [0.29, 0.717) is 18.8 Å². The first-order valence-corrected chi connectivity index (χ1v) is 9.63. The van der Waals surface area contributed by atoms with Crippen LogP contribution in [-0.4, -0.2) is 53.0 Å². The highest BCUT2D eigenvalue weighted by molar-refractivity contribution is 5.92. The Morgan fingerprint density at radius 2 is 1.83 bits per heavy atom. The van der Waals surface area contributed by atoms with E-state index in [1.54, 1.807) is 35.2 Å². The van der Waals surface area contributed by atoms with E-state index < -0.39 is 23.2 Å². The van der Waals surface area contributed by atoms with Gasteiger partial charge in [0.25, 0.3) is 11.6 Å². The summed E-state index contributed by atoms with van der Waals surface area (Å²) in [6.45, 7) is 2.37. The number of benzene rings is 1. The van der Waals surface area contributed by atoms with Crippen molar-refractivity contribution in [3.05, 3.63) is 41.6 Å². The predicted octanol–water partition coefficient (Wildman–Crippen LogP) is 3.35. The van der Waals surface area contributed by atoms with Gasteiger partial charge in [0.15, 0.2) is 0 Å². The summed E-state index contributed by atoms with van der Waals surface area (Å²) in [5.41, 5.74) is -3.22. The normalized spacial score (nSPS) is 21.5. The summed E-state index contributed by atoms with van der Waals surface area (Å²) >= 11 is 0. The maximum absolute atomic E-state index is 14.5. The number of nitrogens with zero attached hydrogens (tertiary/aromatic N) is 4. The topological polar surface area (TPSA) is 68.9 Å². The number of methoxy groups -OCH3 is 1. The van der Waals surface area contributed by atoms with Crippen LogP contribution >= 0.6 is 0 Å². The van der Waals surface area contributed by atoms with Crippen LogP contribution in [0.3, 0.4) is 0 Å². The number of likely N-dealkylation sites (tertiary alicyclic amines) is 1. The van der Waals surface area contributed by atoms with Gasteiger partial charge in [-0.05, 0) is 38.3 Å². The van der Waals surface area contributed by atoms with Crippen LogP contribution in [0.2, 0.25) is 0 Å². The van der Waals surface area contributed by atoms with Gasteiger partial charge in [-0.3, -0.25) is 0 Å². The Bertz CT molecular complexity index is 981. The molecule has 10 heteroatoms. The van der Waals surface area contributed by atoms with Crippen molar-refractivity contribution in [3.63, 3.8) is 0 Å². The highest BCUT2D eigenvalue weighted by Crippen LogP contribution is 2.51. The van der Waals surface area contributed by atoms with Gasteiger partial charge in [0.1, 0.15) is 0 Å². The number of amidine groups is 1. The van der Waals surface area contributed by atoms with Crippen molar-refractivity contribution < 1.29 is 27.4 Å². The zero-order chi connectivity index (χ0) is 21.5. The Kier molecular flexibility index (Phi) is 4.95. The van der Waals surface area contributed by atoms with Gasteiger partial charge in [0, 0.05) is 13.1 Å². The summed E-state index contributed by atoms with van der Waals surface area (Å²) in [7, 11) is 0.915. The van der Waals surface area contributed by atoms with E-state index in [4.69, 9.17) is 4.74 Å². The van der Waals surface area contributed by atoms with Gasteiger partial charge >= 0.3 is 12.1 Å². The van der Waals surface area contributed by atoms with Crippen molar-refractivity contribution in [1.82, 2.24) is 14.7 Å². The molecular formula is C20H21F3N4O3. The molecule has 0 aliphatic carbocycles. The molecule has 0 spiro atoms. The van der Waals surface area contributed by atoms with E-state index in [1.165, 1.54) is 11.6 Å². The molecule has 1 saturated heterocycles. The van der Waals surface area contributed by atoms with Gasteiger partial charge < -0.3 is 14.4 Å². The molecule has 30 heavy (non-hydrogen) atoms. The number of aliphatic imine (C=N–C) groups is 1. The van der Waals surface area contributed by atoms with Gasteiger partial charge in [0.2, 0.25) is 5.88 Å². The first kappa shape index (κ1) is 20.2. The van der Waals surface area contributed by atoms with E-state index in [1.807, 2.05) is 0 Å². The van der Waals surface area contributed by atoms with Crippen LogP contribution < -0.4 is 4.74 Å². The molecular weight excluding hydrogens is 401 g/mol. The van der Waals surface area contributed by atoms with Crippen LogP contribution in [0.4, 0.5) is 13.2 Å². The maximum atomic E-state index is 14.5. The molecule has 3 heterocycles. The number of piperidine rings is 1. The average Bonchev–Trinajstić information content (AvgIpc) is 3.09. The lowest BCUT2D eigenvalue weighted by Crippen LogP contribution is -2.54. The smallest absolute Gasteiger partial charge is 0.429 e. The molecule has 0 saturated carbocycles. The average molecular weight is 422 g/mol. The van der Waals surface area contributed by atoms with Crippen LogP contribution in [0.5, 0.6) is 5.88 Å². The van der Waals surface area contributed by atoms with Gasteiger partial charge in [0.05, 0.1) is 24.1 Å². The third kappa shape index (κ3) is 3.01. The Labute approximate surface area is 171 Å². The molecule has 0 radical (unpaired) electrons. The molecule has 7 nitrogen and oxygen atoms in total. The number of carbonyl (C=O) groups is 1. The van der Waals surface area contributed by atoms with E-state index in [-0.39, 0.29) is 17.6 Å². The summed E-state index contributed by atoms with van der Waals surface area (Å²) in [6.07, 6.45) is -2.50. The van der Waals surface area contributed by atoms with Crippen molar-refractivity contribution in [2.45, 2.75) is 37.9 Å². The Morgan fingerprint density at radius 1 is 1.17 bits per heavy atom. The number of carbonyl (C=O) groups excluding carboxylic acids is 1. The van der Waals surface area contributed by atoms with Gasteiger partial charge in [-0.1, -0.05) is 18.2 Å². The summed E-state index contributed by atoms with van der Waals surface area (Å²) < 4.78 is 55.3. The molecule has 2 aliphatic heterocycles. The van der Waals surface area contributed by atoms with E-state index in [9.17, 15) is 18.0 Å². The third-order valence-corrected chi connectivity index (χ3v) is 5.35. The lowest BCUT2D eigenvalue weighted by molar-refractivity contribution is -0.207. The number of hydrogen-bond donors (Lipinski definition) is 0. The van der Waals surface area contributed by atoms with Crippen LogP contribution in [0.25, 0.3) is 5.69 Å². The van der Waals surface area contributed by atoms with E-state index >= 15 is 0 Å². The van der Waals surface area contributed by atoms with Crippen molar-refractivity contribution in [1.29, 1.82) is 0 Å². The molecule has 2 aromatic rings. The lowest BCUT2D eigenvalue weighted by atomic mass is 9.88.